The van der Waals surface area contributed by atoms with Crippen molar-refractivity contribution in [2.75, 3.05) is 6.61 Å². The Kier molecular flexibility index (Phi) is 5.28. The molecule has 2 aliphatic heterocycles. The molecule has 4 fully saturated rings. The lowest BCUT2D eigenvalue weighted by Crippen LogP contribution is -2.79. The zero-order valence-electron chi connectivity index (χ0n) is 20.4. The quantitative estimate of drug-likeness (QED) is 0.308. The van der Waals surface area contributed by atoms with Crippen LogP contribution in [0.2, 0.25) is 0 Å². The second-order valence-electron chi connectivity index (χ2n) is 11.3. The summed E-state index contributed by atoms with van der Waals surface area (Å²) >= 11 is 0. The number of hydrogen-bond acceptors (Lipinski definition) is 10. The van der Waals surface area contributed by atoms with Crippen LogP contribution in [0, 0.1) is 28.6 Å². The van der Waals surface area contributed by atoms with Crippen LogP contribution in [0.15, 0.2) is 23.0 Å². The molecule has 1 unspecified atom stereocenters. The molecule has 4 N–H and O–H groups in total. The minimum absolute atomic E-state index is 0.134. The standard InChI is InChI=1S/C25H30O11/c1-9(2)5-14(27)36-17-19-24-8-34-25(19,22(32)33)20(30)16(29)18(24)23(4)7-12(26)15(28)10(3)11(23)6-13(24)35-21(17)31/h5,11,13,16-20,28-30H,6-8H2,1-4H3,(H,32,33)/t11-,13+,16+,17+,18?,19+,20-,23-,24+,25-/m0/s1. The van der Waals surface area contributed by atoms with Gasteiger partial charge in [0.2, 0.25) is 11.7 Å². The first-order valence-electron chi connectivity index (χ1n) is 12.0. The Labute approximate surface area is 206 Å². The van der Waals surface area contributed by atoms with E-state index in [0.29, 0.717) is 11.1 Å². The molecular formula is C25H30O11. The van der Waals surface area contributed by atoms with Crippen molar-refractivity contribution < 1.29 is 53.8 Å². The summed E-state index contributed by atoms with van der Waals surface area (Å²) in [5.41, 5.74) is -3.90. The summed E-state index contributed by atoms with van der Waals surface area (Å²) in [6.45, 7) is 6.33. The van der Waals surface area contributed by atoms with Crippen LogP contribution in [-0.4, -0.2) is 80.7 Å². The second-order valence-corrected chi connectivity index (χ2v) is 11.3. The van der Waals surface area contributed by atoms with E-state index >= 15 is 0 Å². The van der Waals surface area contributed by atoms with Gasteiger partial charge < -0.3 is 34.6 Å². The van der Waals surface area contributed by atoms with Gasteiger partial charge >= 0.3 is 17.9 Å². The largest absolute Gasteiger partial charge is 0.504 e. The monoisotopic (exact) mass is 506 g/mol. The highest BCUT2D eigenvalue weighted by atomic mass is 16.6. The molecular weight excluding hydrogens is 476 g/mol. The first-order chi connectivity index (χ1) is 16.7. The Morgan fingerprint density at radius 1 is 1.17 bits per heavy atom. The van der Waals surface area contributed by atoms with Gasteiger partial charge in [-0.25, -0.2) is 14.4 Å². The molecule has 2 saturated heterocycles. The van der Waals surface area contributed by atoms with E-state index in [-0.39, 0.29) is 25.2 Å². The number of ether oxygens (including phenoxy) is 3. The van der Waals surface area contributed by atoms with E-state index in [1.807, 2.05) is 0 Å². The normalized spacial score (nSPS) is 46.9. The number of ketones is 1. The molecule has 5 rings (SSSR count). The summed E-state index contributed by atoms with van der Waals surface area (Å²) < 4.78 is 17.1. The predicted molar refractivity (Wildman–Crippen MR) is 118 cm³/mol. The van der Waals surface area contributed by atoms with E-state index in [4.69, 9.17) is 14.2 Å². The molecule has 3 aliphatic carbocycles. The summed E-state index contributed by atoms with van der Waals surface area (Å²) in [5.74, 6) is -7.26. The molecule has 196 valence electrons. The first-order valence-corrected chi connectivity index (χ1v) is 12.0. The number of carboxylic acids is 1. The second kappa shape index (κ2) is 7.62. The Bertz CT molecular complexity index is 1130. The average Bonchev–Trinajstić information content (AvgIpc) is 3.08. The van der Waals surface area contributed by atoms with Gasteiger partial charge in [-0.05, 0) is 44.1 Å². The van der Waals surface area contributed by atoms with Crippen molar-refractivity contribution in [3.05, 3.63) is 23.0 Å². The van der Waals surface area contributed by atoms with Crippen molar-refractivity contribution in [3.63, 3.8) is 0 Å². The number of rotatable bonds is 3. The van der Waals surface area contributed by atoms with Crippen LogP contribution in [0.1, 0.15) is 40.5 Å². The summed E-state index contributed by atoms with van der Waals surface area (Å²) in [4.78, 5) is 51.3. The summed E-state index contributed by atoms with van der Waals surface area (Å²) in [7, 11) is 0. The molecule has 0 amide bonds. The number of carboxylic acid groups (broad SMARTS) is 1. The van der Waals surface area contributed by atoms with Crippen molar-refractivity contribution >= 4 is 23.7 Å². The van der Waals surface area contributed by atoms with Crippen molar-refractivity contribution in [2.45, 2.75) is 70.6 Å². The van der Waals surface area contributed by atoms with Crippen molar-refractivity contribution in [1.82, 2.24) is 0 Å². The molecule has 11 nitrogen and oxygen atoms in total. The van der Waals surface area contributed by atoms with Crippen molar-refractivity contribution in [3.8, 4) is 0 Å². The molecule has 0 aromatic heterocycles. The number of aliphatic hydroxyl groups excluding tert-OH is 3. The third-order valence-corrected chi connectivity index (χ3v) is 9.32. The maximum Gasteiger partial charge on any atom is 0.348 e. The van der Waals surface area contributed by atoms with Gasteiger partial charge in [-0.15, -0.1) is 0 Å². The van der Waals surface area contributed by atoms with Crippen LogP contribution in [0.3, 0.4) is 0 Å². The van der Waals surface area contributed by atoms with Gasteiger partial charge in [-0.3, -0.25) is 4.79 Å². The van der Waals surface area contributed by atoms with E-state index in [0.717, 1.165) is 6.08 Å². The molecule has 10 atom stereocenters. The third kappa shape index (κ3) is 2.79. The fourth-order valence-electron chi connectivity index (χ4n) is 8.11. The lowest BCUT2D eigenvalue weighted by Gasteiger charge is -2.67. The lowest BCUT2D eigenvalue weighted by atomic mass is 9.38. The molecule has 36 heavy (non-hydrogen) atoms. The van der Waals surface area contributed by atoms with Crippen molar-refractivity contribution in [2.24, 2.45) is 28.6 Å². The van der Waals surface area contributed by atoms with Gasteiger partial charge in [-0.1, -0.05) is 12.5 Å². The molecule has 1 spiro atoms. The molecule has 11 heteroatoms. The van der Waals surface area contributed by atoms with Gasteiger partial charge in [0, 0.05) is 23.8 Å². The van der Waals surface area contributed by atoms with E-state index in [9.17, 15) is 39.6 Å². The van der Waals surface area contributed by atoms with Gasteiger partial charge in [0.25, 0.3) is 0 Å². The average molecular weight is 507 g/mol. The molecule has 2 heterocycles. The summed E-state index contributed by atoms with van der Waals surface area (Å²) in [5, 5.41) is 43.5. The SMILES string of the molecule is CC(C)=CC(=O)O[C@H]1C(=O)O[C@@H]2C[C@H]3C(C)=C(O)C(=O)C[C@]3(C)C3[C@@H](O)[C@H](O)[C@@]4(C(=O)O)OC[C@]32[C@@H]14. The third-order valence-electron chi connectivity index (χ3n) is 9.32. The first kappa shape index (κ1) is 24.9. The smallest absolute Gasteiger partial charge is 0.348 e. The van der Waals surface area contributed by atoms with Crippen LogP contribution >= 0.6 is 0 Å². The lowest BCUT2D eigenvalue weighted by molar-refractivity contribution is -0.289. The van der Waals surface area contributed by atoms with Crippen LogP contribution in [0.5, 0.6) is 0 Å². The van der Waals surface area contributed by atoms with Gasteiger partial charge in [0.05, 0.1) is 18.6 Å². The number of aliphatic hydroxyl groups is 3. The van der Waals surface area contributed by atoms with Crippen LogP contribution in [0.4, 0.5) is 0 Å². The summed E-state index contributed by atoms with van der Waals surface area (Å²) in [6, 6.07) is 0. The number of hydrogen-bond donors (Lipinski definition) is 4. The van der Waals surface area contributed by atoms with Gasteiger partial charge in [-0.2, -0.15) is 0 Å². The maximum absolute atomic E-state index is 13.2. The fourth-order valence-corrected chi connectivity index (χ4v) is 8.11. The number of carbonyl (C=O) groups is 4. The van der Waals surface area contributed by atoms with Crippen LogP contribution < -0.4 is 0 Å². The zero-order chi connectivity index (χ0) is 26.5. The van der Waals surface area contributed by atoms with E-state index in [2.05, 4.69) is 0 Å². The van der Waals surface area contributed by atoms with Crippen molar-refractivity contribution in [1.29, 1.82) is 0 Å². The Hall–Kier alpha value is -2.76. The van der Waals surface area contributed by atoms with Gasteiger partial charge in [0.15, 0.2) is 11.5 Å². The topological polar surface area (TPSA) is 177 Å². The molecule has 0 aromatic carbocycles. The number of fused-ring (bicyclic) bond motifs is 2. The van der Waals surface area contributed by atoms with Crippen LogP contribution in [0.25, 0.3) is 0 Å². The molecule has 2 bridgehead atoms. The number of esters is 2. The minimum atomic E-state index is -2.45. The molecule has 2 saturated carbocycles. The number of Topliss-reactive ketones (excluding diaryl/α,β-unsaturated/α-hetero) is 1. The van der Waals surface area contributed by atoms with Crippen LogP contribution in [-0.2, 0) is 33.4 Å². The zero-order valence-corrected chi connectivity index (χ0v) is 20.4. The van der Waals surface area contributed by atoms with E-state index in [1.54, 1.807) is 27.7 Å². The number of aliphatic carboxylic acids is 1. The number of allylic oxidation sites excluding steroid dienone is 3. The van der Waals surface area contributed by atoms with E-state index < -0.39 is 82.3 Å². The maximum atomic E-state index is 13.2. The molecule has 0 radical (unpaired) electrons. The fraction of sp³-hybridized carbons (Fsp3) is 0.680. The Balaban J connectivity index is 1.73. The number of carbonyl (C=O) groups excluding carboxylic acids is 3. The van der Waals surface area contributed by atoms with Gasteiger partial charge in [0.1, 0.15) is 12.2 Å². The summed E-state index contributed by atoms with van der Waals surface area (Å²) in [6.07, 6.45) is -5.26. The minimum Gasteiger partial charge on any atom is -0.504 e. The predicted octanol–water partition coefficient (Wildman–Crippen LogP) is 0.429. The highest BCUT2D eigenvalue weighted by Gasteiger charge is 2.85. The Morgan fingerprint density at radius 3 is 2.44 bits per heavy atom. The highest BCUT2D eigenvalue weighted by molar-refractivity contribution is 5.95. The highest BCUT2D eigenvalue weighted by Crippen LogP contribution is 2.72. The van der Waals surface area contributed by atoms with E-state index in [1.165, 1.54) is 0 Å². The Morgan fingerprint density at radius 2 is 1.83 bits per heavy atom. The molecule has 5 aliphatic rings. The molecule has 0 aromatic rings.